The van der Waals surface area contributed by atoms with Gasteiger partial charge in [-0.3, -0.25) is 4.40 Å². The van der Waals surface area contributed by atoms with Crippen molar-refractivity contribution in [2.24, 2.45) is 0 Å². The van der Waals surface area contributed by atoms with Gasteiger partial charge in [0, 0.05) is 37.8 Å². The molecule has 0 radical (unpaired) electrons. The van der Waals surface area contributed by atoms with Crippen molar-refractivity contribution >= 4 is 22.2 Å². The highest BCUT2D eigenvalue weighted by Crippen LogP contribution is 2.31. The number of fused-ring (bicyclic) bond motifs is 2. The van der Waals surface area contributed by atoms with Crippen LogP contribution in [0, 0.1) is 0 Å². The summed E-state index contributed by atoms with van der Waals surface area (Å²) in [5.41, 5.74) is 4.59. The summed E-state index contributed by atoms with van der Waals surface area (Å²) in [6.07, 6.45) is 4.31. The molecule has 4 aromatic rings. The summed E-state index contributed by atoms with van der Waals surface area (Å²) < 4.78 is 12.7. The molecule has 30 heavy (non-hydrogen) atoms. The minimum absolute atomic E-state index is 0.275. The lowest BCUT2D eigenvalue weighted by molar-refractivity contribution is 0.146. The summed E-state index contributed by atoms with van der Waals surface area (Å²) in [5, 5.41) is 11.0. The summed E-state index contributed by atoms with van der Waals surface area (Å²) in [6.45, 7) is 2.53. The summed E-state index contributed by atoms with van der Waals surface area (Å²) >= 11 is 0. The number of imidazole rings is 1. The van der Waals surface area contributed by atoms with E-state index in [4.69, 9.17) is 14.5 Å². The van der Waals surface area contributed by atoms with Crippen LogP contribution in [0.1, 0.15) is 6.42 Å². The molecule has 4 heterocycles. The number of aliphatic hydroxyl groups is 1. The van der Waals surface area contributed by atoms with Gasteiger partial charge in [0.1, 0.15) is 18.0 Å². The predicted molar refractivity (Wildman–Crippen MR) is 116 cm³/mol. The maximum Gasteiger partial charge on any atom is 0.140 e. The van der Waals surface area contributed by atoms with Crippen LogP contribution in [0.5, 0.6) is 5.75 Å². The third kappa shape index (κ3) is 3.46. The zero-order valence-electron chi connectivity index (χ0n) is 16.9. The number of aromatic nitrogens is 3. The molecule has 0 bridgehead atoms. The molecule has 5 rings (SSSR count). The van der Waals surface area contributed by atoms with Crippen molar-refractivity contribution in [3.05, 3.63) is 54.9 Å². The Bertz CT molecular complexity index is 1190. The molecule has 7 nitrogen and oxygen atoms in total. The fraction of sp³-hybridized carbons (Fsp3) is 0.304. The van der Waals surface area contributed by atoms with E-state index < -0.39 is 0 Å². The van der Waals surface area contributed by atoms with Gasteiger partial charge in [-0.15, -0.1) is 0 Å². The van der Waals surface area contributed by atoms with Gasteiger partial charge in [-0.05, 0) is 24.6 Å². The van der Waals surface area contributed by atoms with Crippen molar-refractivity contribution in [3.63, 3.8) is 0 Å². The van der Waals surface area contributed by atoms with E-state index >= 15 is 0 Å². The molecule has 0 saturated carbocycles. The zero-order chi connectivity index (χ0) is 20.5. The fourth-order valence-electron chi connectivity index (χ4n) is 3.97. The topological polar surface area (TPSA) is 72.1 Å². The van der Waals surface area contributed by atoms with Gasteiger partial charge >= 0.3 is 0 Å². The number of para-hydroxylation sites is 1. The summed E-state index contributed by atoms with van der Waals surface area (Å²) in [5.74, 6) is 0.762. The smallest absolute Gasteiger partial charge is 0.140 e. The van der Waals surface area contributed by atoms with E-state index in [1.165, 1.54) is 0 Å². The van der Waals surface area contributed by atoms with Crippen LogP contribution >= 0.6 is 0 Å². The second-order valence-electron chi connectivity index (χ2n) is 7.51. The Balaban J connectivity index is 1.52. The van der Waals surface area contributed by atoms with Crippen LogP contribution in [0.15, 0.2) is 54.9 Å². The van der Waals surface area contributed by atoms with E-state index in [-0.39, 0.29) is 6.10 Å². The van der Waals surface area contributed by atoms with E-state index in [0.717, 1.165) is 52.3 Å². The van der Waals surface area contributed by atoms with Crippen LogP contribution in [-0.2, 0) is 4.74 Å². The second kappa shape index (κ2) is 7.93. The highest BCUT2D eigenvalue weighted by Gasteiger charge is 2.22. The average molecular weight is 404 g/mol. The lowest BCUT2D eigenvalue weighted by Crippen LogP contribution is -2.21. The van der Waals surface area contributed by atoms with Crippen LogP contribution in [0.4, 0.5) is 5.69 Å². The molecule has 0 amide bonds. The zero-order valence-corrected chi connectivity index (χ0v) is 16.9. The number of ether oxygens (including phenoxy) is 2. The normalized spacial score (nSPS) is 16.6. The van der Waals surface area contributed by atoms with E-state index in [9.17, 15) is 5.11 Å². The van der Waals surface area contributed by atoms with Crippen LogP contribution < -0.4 is 9.64 Å². The quantitative estimate of drug-likeness (QED) is 0.498. The number of rotatable bonds is 6. The highest BCUT2D eigenvalue weighted by molar-refractivity contribution is 5.92. The van der Waals surface area contributed by atoms with Crippen LogP contribution in [0.3, 0.4) is 0 Å². The second-order valence-corrected chi connectivity index (χ2v) is 7.51. The third-order valence-corrected chi connectivity index (χ3v) is 5.51. The minimum atomic E-state index is -0.275. The lowest BCUT2D eigenvalue weighted by atomic mass is 10.1. The van der Waals surface area contributed by atoms with E-state index in [1.54, 1.807) is 7.11 Å². The van der Waals surface area contributed by atoms with Gasteiger partial charge in [-0.1, -0.05) is 18.2 Å². The molecular weight excluding hydrogens is 380 g/mol. The van der Waals surface area contributed by atoms with Gasteiger partial charge in [0.05, 0.1) is 41.5 Å². The molecule has 3 aromatic heterocycles. The monoisotopic (exact) mass is 404 g/mol. The van der Waals surface area contributed by atoms with Gasteiger partial charge in [0.15, 0.2) is 0 Å². The molecule has 1 atom stereocenters. The first kappa shape index (κ1) is 18.8. The van der Waals surface area contributed by atoms with Crippen molar-refractivity contribution in [1.82, 2.24) is 14.4 Å². The number of anilines is 1. The van der Waals surface area contributed by atoms with Gasteiger partial charge < -0.3 is 19.5 Å². The average Bonchev–Trinajstić information content (AvgIpc) is 3.39. The Labute approximate surface area is 174 Å². The Kier molecular flexibility index (Phi) is 4.98. The maximum atomic E-state index is 9.96. The molecule has 0 aliphatic carbocycles. The van der Waals surface area contributed by atoms with Gasteiger partial charge in [-0.2, -0.15) is 0 Å². The molecule has 1 saturated heterocycles. The summed E-state index contributed by atoms with van der Waals surface area (Å²) in [6, 6.07) is 14.1. The largest absolute Gasteiger partial charge is 0.491 e. The van der Waals surface area contributed by atoms with Crippen molar-refractivity contribution in [1.29, 1.82) is 0 Å². The Morgan fingerprint density at radius 3 is 2.93 bits per heavy atom. The molecule has 1 aliphatic heterocycles. The van der Waals surface area contributed by atoms with Crippen molar-refractivity contribution < 1.29 is 14.6 Å². The summed E-state index contributed by atoms with van der Waals surface area (Å²) in [4.78, 5) is 11.7. The number of pyridine rings is 2. The first-order chi connectivity index (χ1) is 14.7. The SMILES string of the molecule is COCCOc1ccn2c(-c3ccc4cccc(N5CC[C@H](O)C5)c4n3)cnc2c1. The van der Waals surface area contributed by atoms with E-state index in [1.807, 2.05) is 41.1 Å². The predicted octanol–water partition coefficient (Wildman–Crippen LogP) is 3.15. The molecule has 1 N–H and O–H groups in total. The van der Waals surface area contributed by atoms with Crippen LogP contribution in [-0.4, -0.2) is 59.0 Å². The molecule has 1 fully saturated rings. The summed E-state index contributed by atoms with van der Waals surface area (Å²) in [7, 11) is 1.65. The van der Waals surface area contributed by atoms with Crippen LogP contribution in [0.25, 0.3) is 27.9 Å². The first-order valence-corrected chi connectivity index (χ1v) is 10.1. The molecule has 154 valence electrons. The number of nitrogens with zero attached hydrogens (tertiary/aromatic N) is 4. The molecule has 7 heteroatoms. The molecule has 0 unspecified atom stereocenters. The van der Waals surface area contributed by atoms with Crippen LogP contribution in [0.2, 0.25) is 0 Å². The van der Waals surface area contributed by atoms with Gasteiger partial charge in [0.2, 0.25) is 0 Å². The Hall–Kier alpha value is -3.16. The number of hydrogen-bond acceptors (Lipinski definition) is 6. The van der Waals surface area contributed by atoms with E-state index in [2.05, 4.69) is 28.1 Å². The van der Waals surface area contributed by atoms with Crippen molar-refractivity contribution in [3.8, 4) is 17.1 Å². The third-order valence-electron chi connectivity index (χ3n) is 5.51. The van der Waals surface area contributed by atoms with Crippen molar-refractivity contribution in [2.75, 3.05) is 38.3 Å². The number of aliphatic hydroxyl groups excluding tert-OH is 1. The number of β-amino-alcohol motifs (C(OH)–C–C–N with tert-alkyl or cyclic N) is 1. The number of benzene rings is 1. The molecule has 1 aromatic carbocycles. The standard InChI is InChI=1S/C23H24N4O3/c1-29-11-12-30-18-8-10-27-21(14-24-22(27)13-18)19-6-5-16-3-2-4-20(23(16)25-19)26-9-7-17(28)15-26/h2-6,8,10,13-14,17,28H,7,9,11-12,15H2,1H3/t17-/m0/s1. The lowest BCUT2D eigenvalue weighted by Gasteiger charge is -2.19. The highest BCUT2D eigenvalue weighted by atomic mass is 16.5. The Morgan fingerprint density at radius 2 is 2.10 bits per heavy atom. The fourth-order valence-corrected chi connectivity index (χ4v) is 3.97. The minimum Gasteiger partial charge on any atom is -0.491 e. The number of methoxy groups -OCH3 is 1. The maximum absolute atomic E-state index is 9.96. The first-order valence-electron chi connectivity index (χ1n) is 10.1. The number of hydrogen-bond donors (Lipinski definition) is 1. The Morgan fingerprint density at radius 1 is 1.17 bits per heavy atom. The molecule has 0 spiro atoms. The van der Waals surface area contributed by atoms with Gasteiger partial charge in [-0.25, -0.2) is 9.97 Å². The molecule has 1 aliphatic rings. The molecular formula is C23H24N4O3. The van der Waals surface area contributed by atoms with E-state index in [0.29, 0.717) is 19.8 Å². The van der Waals surface area contributed by atoms with Gasteiger partial charge in [0.25, 0.3) is 0 Å². The van der Waals surface area contributed by atoms with Crippen molar-refractivity contribution in [2.45, 2.75) is 12.5 Å².